The summed E-state index contributed by atoms with van der Waals surface area (Å²) in [6, 6.07) is 7.89. The Balaban J connectivity index is 2.56. The Labute approximate surface area is 148 Å². The number of allylic oxidation sites excluding steroid dienone is 1. The minimum atomic E-state index is 0.776. The quantitative estimate of drug-likeness (QED) is 0.318. The van der Waals surface area contributed by atoms with Crippen LogP contribution in [0.5, 0.6) is 5.75 Å². The van der Waals surface area contributed by atoms with E-state index in [1.165, 1.54) is 44.9 Å². The van der Waals surface area contributed by atoms with Crippen LogP contribution in [0.2, 0.25) is 0 Å². The molecule has 0 aliphatic carbocycles. The fraction of sp³-hybridized carbons (Fsp3) is 0.619. The standard InChI is InChI=1S/C21H34O3/c1-5-6-7-8-9-10-11-12-17-20(23-3)21(24-4)18-15-13-14-16-19(18)22-2/h13-16H,5-12,17H2,1-4H3. The molecule has 1 aromatic rings. The van der Waals surface area contributed by atoms with Crippen LogP contribution in [0, 0.1) is 0 Å². The van der Waals surface area contributed by atoms with E-state index in [1.807, 2.05) is 24.3 Å². The Morgan fingerprint density at radius 1 is 0.792 bits per heavy atom. The molecule has 1 aromatic carbocycles. The molecule has 0 aliphatic rings. The Morgan fingerprint density at radius 3 is 2.00 bits per heavy atom. The summed E-state index contributed by atoms with van der Waals surface area (Å²) >= 11 is 0. The van der Waals surface area contributed by atoms with E-state index in [0.717, 1.165) is 35.7 Å². The van der Waals surface area contributed by atoms with E-state index >= 15 is 0 Å². The van der Waals surface area contributed by atoms with Crippen LogP contribution in [0.25, 0.3) is 5.76 Å². The minimum absolute atomic E-state index is 0.776. The molecule has 24 heavy (non-hydrogen) atoms. The zero-order valence-corrected chi connectivity index (χ0v) is 15.9. The first-order valence-corrected chi connectivity index (χ1v) is 9.23. The van der Waals surface area contributed by atoms with Crippen molar-refractivity contribution in [2.45, 2.75) is 64.7 Å². The van der Waals surface area contributed by atoms with Gasteiger partial charge in [0.25, 0.3) is 0 Å². The predicted octanol–water partition coefficient (Wildman–Crippen LogP) is 6.19. The van der Waals surface area contributed by atoms with Gasteiger partial charge in [-0.2, -0.15) is 0 Å². The molecule has 0 aliphatic heterocycles. The molecular formula is C21H34O3. The molecule has 0 N–H and O–H groups in total. The molecule has 1 rings (SSSR count). The van der Waals surface area contributed by atoms with E-state index in [-0.39, 0.29) is 0 Å². The molecule has 0 spiro atoms. The fourth-order valence-corrected chi connectivity index (χ4v) is 2.93. The van der Waals surface area contributed by atoms with Crippen molar-refractivity contribution in [3.8, 4) is 5.75 Å². The van der Waals surface area contributed by atoms with Crippen LogP contribution in [0.15, 0.2) is 30.0 Å². The summed E-state index contributed by atoms with van der Waals surface area (Å²) in [6.07, 6.45) is 11.3. The molecule has 0 atom stereocenters. The third-order valence-corrected chi connectivity index (χ3v) is 4.31. The molecule has 0 bridgehead atoms. The summed E-state index contributed by atoms with van der Waals surface area (Å²) in [5.74, 6) is 2.48. The summed E-state index contributed by atoms with van der Waals surface area (Å²) in [6.45, 7) is 2.26. The van der Waals surface area contributed by atoms with Gasteiger partial charge in [-0.25, -0.2) is 0 Å². The number of methoxy groups -OCH3 is 3. The van der Waals surface area contributed by atoms with E-state index in [2.05, 4.69) is 6.92 Å². The highest BCUT2D eigenvalue weighted by atomic mass is 16.5. The van der Waals surface area contributed by atoms with Crippen LogP contribution in [0.3, 0.4) is 0 Å². The second-order valence-corrected chi connectivity index (χ2v) is 6.09. The third kappa shape index (κ3) is 6.86. The first-order chi connectivity index (χ1) is 11.8. The smallest absolute Gasteiger partial charge is 0.167 e. The third-order valence-electron chi connectivity index (χ3n) is 4.31. The van der Waals surface area contributed by atoms with Gasteiger partial charge in [0.15, 0.2) is 5.76 Å². The van der Waals surface area contributed by atoms with E-state index in [9.17, 15) is 0 Å². The average molecular weight is 335 g/mol. The summed E-state index contributed by atoms with van der Waals surface area (Å²) in [5.41, 5.74) is 0.943. The number of hydrogen-bond acceptors (Lipinski definition) is 3. The van der Waals surface area contributed by atoms with Crippen molar-refractivity contribution < 1.29 is 14.2 Å². The normalized spacial score (nSPS) is 11.8. The van der Waals surface area contributed by atoms with Gasteiger partial charge in [0.2, 0.25) is 0 Å². The lowest BCUT2D eigenvalue weighted by atomic mass is 10.1. The maximum atomic E-state index is 5.63. The second kappa shape index (κ2) is 12.7. The predicted molar refractivity (Wildman–Crippen MR) is 101 cm³/mol. The minimum Gasteiger partial charge on any atom is -0.497 e. The lowest BCUT2D eigenvalue weighted by Crippen LogP contribution is -2.00. The number of benzene rings is 1. The lowest BCUT2D eigenvalue weighted by Gasteiger charge is -2.16. The molecule has 0 heterocycles. The van der Waals surface area contributed by atoms with Gasteiger partial charge in [0.1, 0.15) is 11.5 Å². The van der Waals surface area contributed by atoms with E-state index in [4.69, 9.17) is 14.2 Å². The van der Waals surface area contributed by atoms with Crippen molar-refractivity contribution in [2.24, 2.45) is 0 Å². The molecule has 3 heteroatoms. The van der Waals surface area contributed by atoms with Crippen molar-refractivity contribution in [3.05, 3.63) is 35.6 Å². The van der Waals surface area contributed by atoms with E-state index in [1.54, 1.807) is 21.3 Å². The largest absolute Gasteiger partial charge is 0.497 e. The van der Waals surface area contributed by atoms with Gasteiger partial charge in [-0.3, -0.25) is 0 Å². The molecular weight excluding hydrogens is 300 g/mol. The lowest BCUT2D eigenvalue weighted by molar-refractivity contribution is 0.250. The maximum Gasteiger partial charge on any atom is 0.167 e. The first-order valence-electron chi connectivity index (χ1n) is 9.23. The van der Waals surface area contributed by atoms with E-state index in [0.29, 0.717) is 0 Å². The molecule has 0 saturated carbocycles. The Kier molecular flexibility index (Phi) is 10.8. The summed E-state index contributed by atoms with van der Waals surface area (Å²) in [5, 5.41) is 0. The van der Waals surface area contributed by atoms with Crippen LogP contribution in [0.1, 0.15) is 70.3 Å². The van der Waals surface area contributed by atoms with Gasteiger partial charge in [0, 0.05) is 6.42 Å². The SMILES string of the molecule is CCCCCCCCCCC(OC)=C(OC)c1ccccc1OC. The number of unbranched alkanes of at least 4 members (excludes halogenated alkanes) is 7. The Hall–Kier alpha value is -1.64. The van der Waals surface area contributed by atoms with Gasteiger partial charge in [-0.1, -0.05) is 64.0 Å². The highest BCUT2D eigenvalue weighted by molar-refractivity contribution is 5.67. The van der Waals surface area contributed by atoms with Crippen LogP contribution in [-0.2, 0) is 9.47 Å². The summed E-state index contributed by atoms with van der Waals surface area (Å²) in [7, 11) is 5.08. The summed E-state index contributed by atoms with van der Waals surface area (Å²) in [4.78, 5) is 0. The molecule has 0 saturated heterocycles. The zero-order chi connectivity index (χ0) is 17.6. The topological polar surface area (TPSA) is 27.7 Å². The maximum absolute atomic E-state index is 5.63. The van der Waals surface area contributed by atoms with Gasteiger partial charge in [-0.15, -0.1) is 0 Å². The van der Waals surface area contributed by atoms with Crippen molar-refractivity contribution in [1.29, 1.82) is 0 Å². The van der Waals surface area contributed by atoms with Gasteiger partial charge < -0.3 is 14.2 Å². The number of hydrogen-bond donors (Lipinski definition) is 0. The number of rotatable bonds is 13. The summed E-state index contributed by atoms with van der Waals surface area (Å²) < 4.78 is 16.7. The number of para-hydroxylation sites is 1. The first kappa shape index (κ1) is 20.4. The van der Waals surface area contributed by atoms with Crippen LogP contribution in [-0.4, -0.2) is 21.3 Å². The van der Waals surface area contributed by atoms with Crippen LogP contribution >= 0.6 is 0 Å². The van der Waals surface area contributed by atoms with Crippen LogP contribution in [0.4, 0.5) is 0 Å². The highest BCUT2D eigenvalue weighted by Crippen LogP contribution is 2.30. The van der Waals surface area contributed by atoms with Crippen molar-refractivity contribution >= 4 is 5.76 Å². The molecule has 136 valence electrons. The molecule has 0 aromatic heterocycles. The molecule has 0 radical (unpaired) electrons. The molecule has 0 unspecified atom stereocenters. The van der Waals surface area contributed by atoms with E-state index < -0.39 is 0 Å². The van der Waals surface area contributed by atoms with Crippen molar-refractivity contribution in [1.82, 2.24) is 0 Å². The monoisotopic (exact) mass is 334 g/mol. The molecule has 0 fully saturated rings. The van der Waals surface area contributed by atoms with Gasteiger partial charge in [0.05, 0.1) is 26.9 Å². The fourth-order valence-electron chi connectivity index (χ4n) is 2.93. The highest BCUT2D eigenvalue weighted by Gasteiger charge is 2.15. The van der Waals surface area contributed by atoms with Gasteiger partial charge in [-0.05, 0) is 18.6 Å². The molecule has 3 nitrogen and oxygen atoms in total. The average Bonchev–Trinajstić information content (AvgIpc) is 2.63. The number of ether oxygens (including phenoxy) is 3. The molecule has 0 amide bonds. The second-order valence-electron chi connectivity index (χ2n) is 6.09. The van der Waals surface area contributed by atoms with Crippen molar-refractivity contribution in [3.63, 3.8) is 0 Å². The zero-order valence-electron chi connectivity index (χ0n) is 15.9. The van der Waals surface area contributed by atoms with Crippen LogP contribution < -0.4 is 4.74 Å². The van der Waals surface area contributed by atoms with Crippen molar-refractivity contribution in [2.75, 3.05) is 21.3 Å². The van der Waals surface area contributed by atoms with Gasteiger partial charge >= 0.3 is 0 Å². The Bertz CT molecular complexity index is 480. The Morgan fingerprint density at radius 2 is 1.42 bits per heavy atom.